The van der Waals surface area contributed by atoms with Crippen molar-refractivity contribution in [3.8, 4) is 23.2 Å². The van der Waals surface area contributed by atoms with Gasteiger partial charge in [0, 0.05) is 11.8 Å². The Morgan fingerprint density at radius 3 is 2.43 bits per heavy atom. The molecule has 1 aromatic heterocycles. The summed E-state index contributed by atoms with van der Waals surface area (Å²) in [5, 5.41) is 18.6. The van der Waals surface area contributed by atoms with E-state index in [2.05, 4.69) is 36.8 Å². The van der Waals surface area contributed by atoms with E-state index in [1.54, 1.807) is 6.92 Å². The number of carboxylic acids is 1. The molecule has 6 nitrogen and oxygen atoms in total. The fourth-order valence-electron chi connectivity index (χ4n) is 3.11. The van der Waals surface area contributed by atoms with Gasteiger partial charge in [0.05, 0.1) is 22.9 Å². The minimum Gasteiger partial charge on any atom is -0.489 e. The Balaban J connectivity index is 1.72. The number of ether oxygens (including phenoxy) is 1. The first-order valence-corrected chi connectivity index (χ1v) is 9.52. The molecule has 3 rings (SSSR count). The standard InChI is InChI=1S/C24H23N3O3/c1-15-20(23(28)29)13-26-22(27-15)17-6-8-19(9-7-17)30-14-16-5-10-21(24(2,3)4)18(11-16)12-25/h5-11,13H,14H2,1-4H3,(H,28,29). The van der Waals surface area contributed by atoms with Gasteiger partial charge in [0.1, 0.15) is 12.4 Å². The van der Waals surface area contributed by atoms with Gasteiger partial charge in [-0.2, -0.15) is 5.26 Å². The Morgan fingerprint density at radius 2 is 1.87 bits per heavy atom. The molecule has 152 valence electrons. The number of nitriles is 1. The largest absolute Gasteiger partial charge is 0.489 e. The molecule has 1 N–H and O–H groups in total. The smallest absolute Gasteiger partial charge is 0.339 e. The molecule has 0 amide bonds. The van der Waals surface area contributed by atoms with Crippen molar-refractivity contribution >= 4 is 5.97 Å². The molecular formula is C24H23N3O3. The van der Waals surface area contributed by atoms with E-state index in [9.17, 15) is 10.1 Å². The molecule has 0 aliphatic carbocycles. The summed E-state index contributed by atoms with van der Waals surface area (Å²) in [6.45, 7) is 8.25. The summed E-state index contributed by atoms with van der Waals surface area (Å²) >= 11 is 0. The van der Waals surface area contributed by atoms with E-state index in [-0.39, 0.29) is 11.0 Å². The van der Waals surface area contributed by atoms with Crippen molar-refractivity contribution in [1.82, 2.24) is 9.97 Å². The predicted molar refractivity (Wildman–Crippen MR) is 113 cm³/mol. The van der Waals surface area contributed by atoms with Gasteiger partial charge in [-0.3, -0.25) is 0 Å². The maximum absolute atomic E-state index is 11.1. The summed E-state index contributed by atoms with van der Waals surface area (Å²) in [6, 6.07) is 15.4. The predicted octanol–water partition coefficient (Wildman–Crippen LogP) is 4.90. The van der Waals surface area contributed by atoms with Crippen LogP contribution in [0.15, 0.2) is 48.7 Å². The number of rotatable bonds is 5. The molecule has 0 atom stereocenters. The van der Waals surface area contributed by atoms with Crippen molar-refractivity contribution in [3.05, 3.63) is 76.6 Å². The first-order chi connectivity index (χ1) is 14.2. The summed E-state index contributed by atoms with van der Waals surface area (Å²) in [6.07, 6.45) is 1.32. The lowest BCUT2D eigenvalue weighted by atomic mass is 9.83. The van der Waals surface area contributed by atoms with Gasteiger partial charge in [0.25, 0.3) is 0 Å². The first-order valence-electron chi connectivity index (χ1n) is 9.52. The van der Waals surface area contributed by atoms with Crippen molar-refractivity contribution in [2.24, 2.45) is 0 Å². The number of nitrogens with zero attached hydrogens (tertiary/aromatic N) is 3. The third kappa shape index (κ3) is 4.64. The van der Waals surface area contributed by atoms with Crippen molar-refractivity contribution in [2.45, 2.75) is 39.7 Å². The van der Waals surface area contributed by atoms with Gasteiger partial charge in [-0.05, 0) is 53.8 Å². The van der Waals surface area contributed by atoms with Gasteiger partial charge >= 0.3 is 5.97 Å². The molecule has 0 aliphatic rings. The van der Waals surface area contributed by atoms with E-state index in [1.165, 1.54) is 6.20 Å². The van der Waals surface area contributed by atoms with Crippen LogP contribution in [0.5, 0.6) is 5.75 Å². The molecule has 1 heterocycles. The van der Waals surface area contributed by atoms with Crippen LogP contribution in [-0.4, -0.2) is 21.0 Å². The molecule has 0 bridgehead atoms. The summed E-state index contributed by atoms with van der Waals surface area (Å²) in [4.78, 5) is 19.5. The normalized spacial score (nSPS) is 11.0. The highest BCUT2D eigenvalue weighted by molar-refractivity contribution is 5.88. The minimum absolute atomic E-state index is 0.0907. The van der Waals surface area contributed by atoms with Crippen LogP contribution in [0.25, 0.3) is 11.4 Å². The van der Waals surface area contributed by atoms with Gasteiger partial charge in [-0.1, -0.05) is 32.9 Å². The van der Waals surface area contributed by atoms with Gasteiger partial charge in [0.2, 0.25) is 0 Å². The molecule has 0 radical (unpaired) electrons. The molecule has 0 spiro atoms. The topological polar surface area (TPSA) is 96.1 Å². The summed E-state index contributed by atoms with van der Waals surface area (Å²) in [5.41, 5.74) is 3.78. The van der Waals surface area contributed by atoms with Crippen LogP contribution in [0.1, 0.15) is 53.5 Å². The lowest BCUT2D eigenvalue weighted by molar-refractivity contribution is 0.0695. The molecule has 0 fully saturated rings. The number of benzene rings is 2. The number of hydrogen-bond acceptors (Lipinski definition) is 5. The van der Waals surface area contributed by atoms with E-state index in [0.717, 1.165) is 16.7 Å². The average molecular weight is 401 g/mol. The van der Waals surface area contributed by atoms with Crippen molar-refractivity contribution in [2.75, 3.05) is 0 Å². The summed E-state index contributed by atoms with van der Waals surface area (Å²) in [7, 11) is 0. The first kappa shape index (κ1) is 21.0. The Morgan fingerprint density at radius 1 is 1.17 bits per heavy atom. The Labute approximate surface area is 175 Å². The molecule has 0 saturated heterocycles. The molecule has 0 aliphatic heterocycles. The molecule has 0 unspecified atom stereocenters. The highest BCUT2D eigenvalue weighted by atomic mass is 16.5. The van der Waals surface area contributed by atoms with Crippen LogP contribution in [0.3, 0.4) is 0 Å². The molecular weight excluding hydrogens is 378 g/mol. The lowest BCUT2D eigenvalue weighted by Crippen LogP contribution is -2.13. The molecule has 0 saturated carbocycles. The third-order valence-electron chi connectivity index (χ3n) is 4.74. The SMILES string of the molecule is Cc1nc(-c2ccc(OCc3ccc(C(C)(C)C)c(C#N)c3)cc2)ncc1C(=O)O. The third-order valence-corrected chi connectivity index (χ3v) is 4.74. The number of hydrogen-bond donors (Lipinski definition) is 1. The quantitative estimate of drug-likeness (QED) is 0.653. The maximum Gasteiger partial charge on any atom is 0.339 e. The van der Waals surface area contributed by atoms with E-state index < -0.39 is 5.97 Å². The second kappa shape index (κ2) is 8.34. The molecule has 3 aromatic rings. The number of carbonyl (C=O) groups is 1. The Bertz CT molecular complexity index is 1120. The number of carboxylic acid groups (broad SMARTS) is 1. The highest BCUT2D eigenvalue weighted by Crippen LogP contribution is 2.27. The number of aryl methyl sites for hydroxylation is 1. The van der Waals surface area contributed by atoms with Crippen LogP contribution < -0.4 is 4.74 Å². The summed E-state index contributed by atoms with van der Waals surface area (Å²) in [5.74, 6) is 0.0920. The van der Waals surface area contributed by atoms with Gasteiger partial charge in [0.15, 0.2) is 5.82 Å². The zero-order valence-corrected chi connectivity index (χ0v) is 17.4. The van der Waals surface area contributed by atoms with Crippen molar-refractivity contribution < 1.29 is 14.6 Å². The van der Waals surface area contributed by atoms with Crippen LogP contribution in [0.2, 0.25) is 0 Å². The average Bonchev–Trinajstić information content (AvgIpc) is 2.71. The van der Waals surface area contributed by atoms with Gasteiger partial charge in [-0.25, -0.2) is 14.8 Å². The Hall–Kier alpha value is -3.72. The second-order valence-corrected chi connectivity index (χ2v) is 8.05. The zero-order chi connectivity index (χ0) is 21.9. The van der Waals surface area contributed by atoms with Crippen LogP contribution in [-0.2, 0) is 12.0 Å². The van der Waals surface area contributed by atoms with E-state index in [4.69, 9.17) is 9.84 Å². The van der Waals surface area contributed by atoms with E-state index in [1.807, 2.05) is 42.5 Å². The van der Waals surface area contributed by atoms with Crippen molar-refractivity contribution in [3.63, 3.8) is 0 Å². The van der Waals surface area contributed by atoms with Crippen LogP contribution in [0.4, 0.5) is 0 Å². The second-order valence-electron chi connectivity index (χ2n) is 8.05. The number of aromatic nitrogens is 2. The van der Waals surface area contributed by atoms with Crippen molar-refractivity contribution in [1.29, 1.82) is 5.26 Å². The fraction of sp³-hybridized carbons (Fsp3) is 0.250. The fourth-order valence-corrected chi connectivity index (χ4v) is 3.11. The highest BCUT2D eigenvalue weighted by Gasteiger charge is 2.18. The molecule has 30 heavy (non-hydrogen) atoms. The summed E-state index contributed by atoms with van der Waals surface area (Å²) < 4.78 is 5.85. The Kier molecular flexibility index (Phi) is 5.84. The number of aromatic carboxylic acids is 1. The zero-order valence-electron chi connectivity index (χ0n) is 17.4. The van der Waals surface area contributed by atoms with Crippen LogP contribution in [0, 0.1) is 18.3 Å². The van der Waals surface area contributed by atoms with Crippen LogP contribution >= 0.6 is 0 Å². The van der Waals surface area contributed by atoms with E-state index >= 15 is 0 Å². The lowest BCUT2D eigenvalue weighted by Gasteiger charge is -2.21. The van der Waals surface area contributed by atoms with Gasteiger partial charge < -0.3 is 9.84 Å². The maximum atomic E-state index is 11.1. The monoisotopic (exact) mass is 401 g/mol. The minimum atomic E-state index is -1.04. The molecule has 6 heteroatoms. The molecule has 2 aromatic carbocycles. The van der Waals surface area contributed by atoms with Gasteiger partial charge in [-0.15, -0.1) is 0 Å². The van der Waals surface area contributed by atoms with E-state index in [0.29, 0.717) is 29.4 Å².